The van der Waals surface area contributed by atoms with Crippen molar-refractivity contribution in [1.29, 1.82) is 0 Å². The molecule has 3 unspecified atom stereocenters. The first-order valence-electron chi connectivity index (χ1n) is 8.45. The summed E-state index contributed by atoms with van der Waals surface area (Å²) >= 11 is 5.76. The summed E-state index contributed by atoms with van der Waals surface area (Å²) in [6.45, 7) is 1.15. The Bertz CT molecular complexity index is 897. The molecule has 1 aliphatic heterocycles. The molecule has 3 atom stereocenters. The monoisotopic (exact) mass is 398 g/mol. The molecule has 0 spiro atoms. The lowest BCUT2D eigenvalue weighted by molar-refractivity contribution is -0.141. The molecule has 9 heteroatoms. The smallest absolute Gasteiger partial charge is 0.433 e. The number of allylic oxidation sites excluding steroid dienone is 1. The van der Waals surface area contributed by atoms with Crippen molar-refractivity contribution in [2.45, 2.75) is 11.6 Å². The number of methoxy groups -OCH3 is 1. The summed E-state index contributed by atoms with van der Waals surface area (Å²) in [5.41, 5.74) is -0.0536. The molecule has 0 aromatic carbocycles. The van der Waals surface area contributed by atoms with Gasteiger partial charge in [-0.3, -0.25) is 0 Å². The average molecular weight is 399 g/mol. The molecule has 0 radical (unpaired) electrons. The molecule has 4 rings (SSSR count). The van der Waals surface area contributed by atoms with Gasteiger partial charge in [-0.2, -0.15) is 13.2 Å². The maximum atomic E-state index is 13.1. The van der Waals surface area contributed by atoms with E-state index in [1.807, 2.05) is 30.3 Å². The lowest BCUT2D eigenvalue weighted by atomic mass is 9.98. The summed E-state index contributed by atoms with van der Waals surface area (Å²) in [6, 6.07) is 5.00. The van der Waals surface area contributed by atoms with Crippen LogP contribution in [0.5, 0.6) is 0 Å². The third kappa shape index (κ3) is 2.86. The van der Waals surface area contributed by atoms with E-state index in [1.165, 1.54) is 0 Å². The fourth-order valence-electron chi connectivity index (χ4n) is 4.41. The van der Waals surface area contributed by atoms with Crippen LogP contribution in [-0.4, -0.2) is 34.7 Å². The summed E-state index contributed by atoms with van der Waals surface area (Å²) < 4.78 is 46.4. The highest BCUT2D eigenvalue weighted by Crippen LogP contribution is 2.65. The first-order valence-corrected chi connectivity index (χ1v) is 8.83. The van der Waals surface area contributed by atoms with Gasteiger partial charge in [0.2, 0.25) is 5.28 Å². The predicted molar refractivity (Wildman–Crippen MR) is 94.5 cm³/mol. The van der Waals surface area contributed by atoms with Gasteiger partial charge in [0.1, 0.15) is 5.82 Å². The van der Waals surface area contributed by atoms with E-state index in [4.69, 9.17) is 16.3 Å². The normalized spacial score (nSPS) is 27.3. The number of piperidine rings is 1. The molecule has 1 saturated heterocycles. The number of ether oxygens (including phenoxy) is 1. The van der Waals surface area contributed by atoms with Crippen LogP contribution >= 0.6 is 11.6 Å². The Kier molecular flexibility index (Phi) is 4.14. The van der Waals surface area contributed by atoms with Crippen molar-refractivity contribution in [3.63, 3.8) is 0 Å². The largest absolute Gasteiger partial charge is 0.505 e. The molecule has 0 bridgehead atoms. The standard InChI is InChI=1S/C18H18ClF3N4O/c1-25-6-3-4-14(25)17-10-26(9-12(17)11(17)5-7-27-2)15-8-13(18(20,21)22)23-16(19)24-15/h3-8,11-12H,9-10H2,1-2H3/b7-5+. The highest BCUT2D eigenvalue weighted by molar-refractivity contribution is 6.28. The second-order valence-corrected chi connectivity index (χ2v) is 7.34. The van der Waals surface area contributed by atoms with Gasteiger partial charge in [-0.15, -0.1) is 0 Å². The zero-order valence-corrected chi connectivity index (χ0v) is 15.5. The fraction of sp³-hybridized carbons (Fsp3) is 0.444. The van der Waals surface area contributed by atoms with Gasteiger partial charge in [-0.25, -0.2) is 9.97 Å². The van der Waals surface area contributed by atoms with Crippen LogP contribution in [-0.2, 0) is 23.4 Å². The Balaban J connectivity index is 1.68. The molecular formula is C18H18ClF3N4O. The number of rotatable bonds is 4. The number of alkyl halides is 3. The Hall–Kier alpha value is -2.22. The quantitative estimate of drug-likeness (QED) is 0.582. The molecule has 0 N–H and O–H groups in total. The number of aromatic nitrogens is 3. The molecule has 2 fully saturated rings. The molecule has 2 aromatic rings. The van der Waals surface area contributed by atoms with Crippen molar-refractivity contribution in [2.75, 3.05) is 25.1 Å². The maximum Gasteiger partial charge on any atom is 0.433 e. The number of halogens is 4. The molecule has 27 heavy (non-hydrogen) atoms. The third-order valence-corrected chi connectivity index (χ3v) is 5.76. The van der Waals surface area contributed by atoms with E-state index in [1.54, 1.807) is 13.4 Å². The maximum absolute atomic E-state index is 13.1. The second kappa shape index (κ2) is 6.15. The van der Waals surface area contributed by atoms with E-state index >= 15 is 0 Å². The molecule has 1 saturated carbocycles. The molecule has 0 amide bonds. The Morgan fingerprint density at radius 2 is 2.15 bits per heavy atom. The highest BCUT2D eigenvalue weighted by Gasteiger charge is 2.69. The number of hydrogen-bond donors (Lipinski definition) is 0. The average Bonchev–Trinajstić information content (AvgIpc) is 2.93. The van der Waals surface area contributed by atoms with Gasteiger partial charge in [0, 0.05) is 43.5 Å². The molecule has 2 aliphatic rings. The predicted octanol–water partition coefficient (Wildman–Crippen LogP) is 3.65. The van der Waals surface area contributed by atoms with Crippen LogP contribution in [0.1, 0.15) is 11.4 Å². The van der Waals surface area contributed by atoms with E-state index < -0.39 is 17.2 Å². The summed E-state index contributed by atoms with van der Waals surface area (Å²) in [5, 5.41) is -0.399. The topological polar surface area (TPSA) is 43.2 Å². The lowest BCUT2D eigenvalue weighted by Gasteiger charge is -2.25. The van der Waals surface area contributed by atoms with Gasteiger partial charge >= 0.3 is 6.18 Å². The van der Waals surface area contributed by atoms with E-state index in [-0.39, 0.29) is 23.1 Å². The Labute approximate surface area is 159 Å². The number of anilines is 1. The molecule has 3 heterocycles. The van der Waals surface area contributed by atoms with Crippen molar-refractivity contribution in [3.05, 3.63) is 53.4 Å². The van der Waals surface area contributed by atoms with Crippen molar-refractivity contribution in [2.24, 2.45) is 18.9 Å². The van der Waals surface area contributed by atoms with Crippen LogP contribution in [0.15, 0.2) is 36.7 Å². The molecule has 144 valence electrons. The minimum atomic E-state index is -4.57. The van der Waals surface area contributed by atoms with Gasteiger partial charge in [0.15, 0.2) is 5.69 Å². The molecular weight excluding hydrogens is 381 g/mol. The van der Waals surface area contributed by atoms with E-state index in [0.717, 1.165) is 11.8 Å². The van der Waals surface area contributed by atoms with Crippen LogP contribution in [0.25, 0.3) is 0 Å². The van der Waals surface area contributed by atoms with Crippen molar-refractivity contribution in [3.8, 4) is 0 Å². The van der Waals surface area contributed by atoms with Crippen LogP contribution in [0, 0.1) is 11.8 Å². The second-order valence-electron chi connectivity index (χ2n) is 7.00. The first-order chi connectivity index (χ1) is 12.8. The van der Waals surface area contributed by atoms with E-state index in [9.17, 15) is 13.2 Å². The summed E-state index contributed by atoms with van der Waals surface area (Å²) in [4.78, 5) is 9.21. The van der Waals surface area contributed by atoms with E-state index in [2.05, 4.69) is 20.6 Å². The summed E-state index contributed by atoms with van der Waals surface area (Å²) in [6.07, 6.45) is 1.11. The van der Waals surface area contributed by atoms with Gasteiger partial charge in [0.25, 0.3) is 0 Å². The SMILES string of the molecule is CO/C=C/C1C2CN(c3cc(C(F)(F)F)nc(Cl)n3)CC12c1cccn1C. The van der Waals surface area contributed by atoms with Gasteiger partial charge in [-0.05, 0) is 41.6 Å². The highest BCUT2D eigenvalue weighted by atomic mass is 35.5. The zero-order valence-electron chi connectivity index (χ0n) is 14.7. The Morgan fingerprint density at radius 1 is 1.37 bits per heavy atom. The van der Waals surface area contributed by atoms with Crippen LogP contribution in [0.2, 0.25) is 5.28 Å². The van der Waals surface area contributed by atoms with Gasteiger partial charge < -0.3 is 14.2 Å². The fourth-order valence-corrected chi connectivity index (χ4v) is 4.59. The Morgan fingerprint density at radius 3 is 2.78 bits per heavy atom. The van der Waals surface area contributed by atoms with E-state index in [0.29, 0.717) is 13.1 Å². The van der Waals surface area contributed by atoms with Crippen molar-refractivity contribution in [1.82, 2.24) is 14.5 Å². The zero-order chi connectivity index (χ0) is 19.4. The summed E-state index contributed by atoms with van der Waals surface area (Å²) in [7, 11) is 3.57. The van der Waals surface area contributed by atoms with Crippen molar-refractivity contribution >= 4 is 17.4 Å². The first kappa shape index (κ1) is 18.2. The number of hydrogen-bond acceptors (Lipinski definition) is 4. The minimum Gasteiger partial charge on any atom is -0.505 e. The number of aryl methyl sites for hydroxylation is 1. The minimum absolute atomic E-state index is 0.177. The van der Waals surface area contributed by atoms with Gasteiger partial charge in [0.05, 0.1) is 13.4 Å². The lowest BCUT2D eigenvalue weighted by Crippen LogP contribution is -2.31. The molecule has 5 nitrogen and oxygen atoms in total. The molecule has 1 aliphatic carbocycles. The number of nitrogens with zero attached hydrogens (tertiary/aromatic N) is 4. The van der Waals surface area contributed by atoms with Crippen LogP contribution in [0.4, 0.5) is 19.0 Å². The van der Waals surface area contributed by atoms with Crippen LogP contribution < -0.4 is 4.90 Å². The van der Waals surface area contributed by atoms with Crippen molar-refractivity contribution < 1.29 is 17.9 Å². The van der Waals surface area contributed by atoms with Gasteiger partial charge in [-0.1, -0.05) is 0 Å². The third-order valence-electron chi connectivity index (χ3n) is 5.59. The summed E-state index contributed by atoms with van der Waals surface area (Å²) in [5.74, 6) is 0.736. The van der Waals surface area contributed by atoms with Crippen LogP contribution in [0.3, 0.4) is 0 Å². The number of fused-ring (bicyclic) bond motifs is 1. The molecule has 2 aromatic heterocycles.